The summed E-state index contributed by atoms with van der Waals surface area (Å²) < 4.78 is 7.35. The lowest BCUT2D eigenvalue weighted by Crippen LogP contribution is -2.14. The van der Waals surface area contributed by atoms with Crippen LogP contribution in [0.3, 0.4) is 0 Å². The van der Waals surface area contributed by atoms with Crippen molar-refractivity contribution in [1.29, 1.82) is 0 Å². The van der Waals surface area contributed by atoms with Gasteiger partial charge in [-0.3, -0.25) is 9.36 Å². The van der Waals surface area contributed by atoms with E-state index < -0.39 is 0 Å². The van der Waals surface area contributed by atoms with E-state index >= 15 is 0 Å². The Labute approximate surface area is 157 Å². The molecule has 0 unspecified atom stereocenters. The summed E-state index contributed by atoms with van der Waals surface area (Å²) in [6, 6.07) is 13.3. The summed E-state index contributed by atoms with van der Waals surface area (Å²) in [5, 5.41) is 14.2. The van der Waals surface area contributed by atoms with E-state index in [0.29, 0.717) is 21.9 Å². The summed E-state index contributed by atoms with van der Waals surface area (Å²) >= 11 is 2.68. The van der Waals surface area contributed by atoms with Gasteiger partial charge in [-0.2, -0.15) is 0 Å². The van der Waals surface area contributed by atoms with Crippen LogP contribution >= 0.6 is 23.1 Å². The Balaban J connectivity index is 1.59. The van der Waals surface area contributed by atoms with Gasteiger partial charge in [0.05, 0.1) is 12.0 Å². The monoisotopic (exact) mass is 383 g/mol. The van der Waals surface area contributed by atoms with E-state index in [4.69, 9.17) is 4.42 Å². The van der Waals surface area contributed by atoms with Crippen molar-refractivity contribution < 1.29 is 9.21 Å². The Morgan fingerprint density at radius 3 is 2.81 bits per heavy atom. The summed E-state index contributed by atoms with van der Waals surface area (Å²) in [7, 11) is 0. The molecule has 9 heteroatoms. The van der Waals surface area contributed by atoms with Crippen LogP contribution in [0.4, 0.5) is 5.13 Å². The summed E-state index contributed by atoms with van der Waals surface area (Å²) in [5.41, 5.74) is 0.895. The molecule has 0 aliphatic carbocycles. The third-order valence-corrected chi connectivity index (χ3v) is 5.02. The maximum absolute atomic E-state index is 12.1. The van der Waals surface area contributed by atoms with Gasteiger partial charge in [-0.25, -0.2) is 4.98 Å². The maximum atomic E-state index is 12.1. The van der Waals surface area contributed by atoms with Crippen molar-refractivity contribution in [2.24, 2.45) is 0 Å². The zero-order valence-corrected chi connectivity index (χ0v) is 15.0. The first-order valence-electron chi connectivity index (χ1n) is 7.68. The molecule has 4 aromatic rings. The van der Waals surface area contributed by atoms with Crippen LogP contribution in [0.5, 0.6) is 0 Å². The van der Waals surface area contributed by atoms with Crippen molar-refractivity contribution in [3.05, 3.63) is 60.3 Å². The fraction of sp³-hybridized carbons (Fsp3) is 0.0588. The van der Waals surface area contributed by atoms with E-state index in [2.05, 4.69) is 20.5 Å². The van der Waals surface area contributed by atoms with Crippen molar-refractivity contribution in [1.82, 2.24) is 19.7 Å². The van der Waals surface area contributed by atoms with Crippen LogP contribution in [0, 0.1) is 0 Å². The average Bonchev–Trinajstić information content (AvgIpc) is 3.41. The zero-order valence-electron chi connectivity index (χ0n) is 13.4. The number of rotatable bonds is 6. The van der Waals surface area contributed by atoms with Gasteiger partial charge in [-0.05, 0) is 24.3 Å². The van der Waals surface area contributed by atoms with Crippen LogP contribution in [0.1, 0.15) is 0 Å². The SMILES string of the molecule is O=C(CSc1nnc(-c2ccco2)n1-c1ccccc1)Nc1nccs1. The molecule has 1 N–H and O–H groups in total. The molecule has 130 valence electrons. The molecular weight excluding hydrogens is 370 g/mol. The minimum atomic E-state index is -0.146. The quantitative estimate of drug-likeness (QED) is 0.511. The molecule has 0 atom stereocenters. The molecule has 4 rings (SSSR count). The second-order valence-electron chi connectivity index (χ2n) is 5.13. The number of hydrogen-bond donors (Lipinski definition) is 1. The van der Waals surface area contributed by atoms with Gasteiger partial charge in [-0.1, -0.05) is 30.0 Å². The summed E-state index contributed by atoms with van der Waals surface area (Å²) in [6.45, 7) is 0. The molecule has 0 radical (unpaired) electrons. The first kappa shape index (κ1) is 16.6. The van der Waals surface area contributed by atoms with Crippen LogP contribution in [0.15, 0.2) is 69.9 Å². The average molecular weight is 383 g/mol. The molecule has 0 fully saturated rings. The van der Waals surface area contributed by atoms with Crippen molar-refractivity contribution in [3.8, 4) is 17.3 Å². The maximum Gasteiger partial charge on any atom is 0.236 e. The number of furan rings is 1. The summed E-state index contributed by atoms with van der Waals surface area (Å²) in [5.74, 6) is 1.25. The number of anilines is 1. The molecule has 1 amide bonds. The number of thioether (sulfide) groups is 1. The van der Waals surface area contributed by atoms with Gasteiger partial charge < -0.3 is 9.73 Å². The molecule has 0 saturated heterocycles. The smallest absolute Gasteiger partial charge is 0.236 e. The predicted octanol–water partition coefficient (Wildman–Crippen LogP) is 3.71. The fourth-order valence-corrected chi connectivity index (χ4v) is 3.61. The number of carbonyl (C=O) groups is 1. The minimum Gasteiger partial charge on any atom is -0.461 e. The Morgan fingerprint density at radius 1 is 1.19 bits per heavy atom. The standard InChI is InChI=1S/C17H13N5O2S2/c23-14(19-16-18-8-10-25-16)11-26-17-21-20-15(13-7-4-9-24-13)22(17)12-5-2-1-3-6-12/h1-10H,11H2,(H,18,19,23). The highest BCUT2D eigenvalue weighted by Gasteiger charge is 2.18. The molecule has 7 nitrogen and oxygen atoms in total. The van der Waals surface area contributed by atoms with Gasteiger partial charge >= 0.3 is 0 Å². The second kappa shape index (κ2) is 7.54. The Kier molecular flexibility index (Phi) is 4.80. The minimum absolute atomic E-state index is 0.146. The lowest BCUT2D eigenvalue weighted by molar-refractivity contribution is -0.113. The van der Waals surface area contributed by atoms with Gasteiger partial charge in [0, 0.05) is 17.3 Å². The van der Waals surface area contributed by atoms with E-state index in [9.17, 15) is 4.79 Å². The highest BCUT2D eigenvalue weighted by Crippen LogP contribution is 2.28. The summed E-state index contributed by atoms with van der Waals surface area (Å²) in [6.07, 6.45) is 3.24. The van der Waals surface area contributed by atoms with Gasteiger partial charge in [0.1, 0.15) is 0 Å². The number of amides is 1. The number of benzene rings is 1. The van der Waals surface area contributed by atoms with E-state index in [1.54, 1.807) is 18.5 Å². The third-order valence-electron chi connectivity index (χ3n) is 3.40. The molecule has 26 heavy (non-hydrogen) atoms. The van der Waals surface area contributed by atoms with E-state index in [-0.39, 0.29) is 11.7 Å². The first-order valence-corrected chi connectivity index (χ1v) is 9.54. The van der Waals surface area contributed by atoms with Crippen LogP contribution in [0.2, 0.25) is 0 Å². The molecule has 0 bridgehead atoms. The van der Waals surface area contributed by atoms with Crippen LogP contribution in [0.25, 0.3) is 17.3 Å². The lowest BCUT2D eigenvalue weighted by atomic mass is 10.3. The van der Waals surface area contributed by atoms with E-state index in [0.717, 1.165) is 5.69 Å². The molecule has 0 saturated carbocycles. The van der Waals surface area contributed by atoms with Gasteiger partial charge in [0.25, 0.3) is 0 Å². The highest BCUT2D eigenvalue weighted by atomic mass is 32.2. The van der Waals surface area contributed by atoms with Gasteiger partial charge in [0.2, 0.25) is 11.7 Å². The first-order chi connectivity index (χ1) is 12.8. The van der Waals surface area contributed by atoms with Crippen molar-refractivity contribution in [3.63, 3.8) is 0 Å². The molecule has 1 aromatic carbocycles. The fourth-order valence-electron chi connectivity index (χ4n) is 2.31. The zero-order chi connectivity index (χ0) is 17.8. The third kappa shape index (κ3) is 3.53. The number of para-hydroxylation sites is 1. The van der Waals surface area contributed by atoms with Crippen molar-refractivity contribution in [2.75, 3.05) is 11.1 Å². The molecule has 3 heterocycles. The second-order valence-corrected chi connectivity index (χ2v) is 6.97. The predicted molar refractivity (Wildman–Crippen MR) is 101 cm³/mol. The summed E-state index contributed by atoms with van der Waals surface area (Å²) in [4.78, 5) is 16.2. The van der Waals surface area contributed by atoms with E-state index in [1.165, 1.54) is 23.1 Å². The van der Waals surface area contributed by atoms with Crippen molar-refractivity contribution in [2.45, 2.75) is 5.16 Å². The Hall–Kier alpha value is -2.91. The Bertz CT molecular complexity index is 982. The number of carbonyl (C=O) groups excluding carboxylic acids is 1. The topological polar surface area (TPSA) is 85.8 Å². The molecular formula is C17H13N5O2S2. The molecule has 0 aliphatic rings. The van der Waals surface area contributed by atoms with Crippen LogP contribution in [-0.4, -0.2) is 31.4 Å². The number of nitrogens with one attached hydrogen (secondary N) is 1. The van der Waals surface area contributed by atoms with Gasteiger partial charge in [0.15, 0.2) is 16.0 Å². The number of aromatic nitrogens is 4. The number of thiazole rings is 1. The number of hydrogen-bond acceptors (Lipinski definition) is 7. The lowest BCUT2D eigenvalue weighted by Gasteiger charge is -2.08. The normalized spacial score (nSPS) is 10.8. The van der Waals surface area contributed by atoms with E-state index in [1.807, 2.05) is 46.3 Å². The number of nitrogens with zero attached hydrogens (tertiary/aromatic N) is 4. The largest absolute Gasteiger partial charge is 0.461 e. The highest BCUT2D eigenvalue weighted by molar-refractivity contribution is 7.99. The molecule has 0 spiro atoms. The van der Waals surface area contributed by atoms with Crippen LogP contribution < -0.4 is 5.32 Å². The molecule has 0 aliphatic heterocycles. The Morgan fingerprint density at radius 2 is 2.08 bits per heavy atom. The molecule has 3 aromatic heterocycles. The van der Waals surface area contributed by atoms with Crippen molar-refractivity contribution >= 4 is 34.1 Å². The van der Waals surface area contributed by atoms with Gasteiger partial charge in [-0.15, -0.1) is 21.5 Å². The van der Waals surface area contributed by atoms with Crippen LogP contribution in [-0.2, 0) is 4.79 Å².